The van der Waals surface area contributed by atoms with Gasteiger partial charge in [0.25, 0.3) is 5.91 Å². The maximum absolute atomic E-state index is 13.0. The van der Waals surface area contributed by atoms with E-state index in [1.165, 1.54) is 18.2 Å². The molecule has 0 saturated heterocycles. The number of benzene rings is 1. The van der Waals surface area contributed by atoms with E-state index in [0.717, 1.165) is 0 Å². The first kappa shape index (κ1) is 11.5. The summed E-state index contributed by atoms with van der Waals surface area (Å²) in [5.41, 5.74) is 5.69. The van der Waals surface area contributed by atoms with Crippen molar-refractivity contribution >= 4 is 33.5 Å². The van der Waals surface area contributed by atoms with Crippen LogP contribution in [0.15, 0.2) is 22.7 Å². The molecule has 88 valence electrons. The highest BCUT2D eigenvalue weighted by Gasteiger charge is 2.11. The number of anilines is 2. The van der Waals surface area contributed by atoms with Crippen LogP contribution in [0.4, 0.5) is 16.0 Å². The molecule has 1 aromatic carbocycles. The number of nitrogen functional groups attached to an aromatic ring is 1. The number of hydrogen-bond acceptors (Lipinski definition) is 4. The lowest BCUT2D eigenvalue weighted by Gasteiger charge is -2.03. The van der Waals surface area contributed by atoms with Crippen LogP contribution in [-0.4, -0.2) is 21.1 Å². The number of H-pyrrole nitrogens is 1. The van der Waals surface area contributed by atoms with E-state index in [9.17, 15) is 9.18 Å². The zero-order valence-electron chi connectivity index (χ0n) is 8.37. The van der Waals surface area contributed by atoms with E-state index in [-0.39, 0.29) is 16.2 Å². The van der Waals surface area contributed by atoms with E-state index in [1.807, 2.05) is 0 Å². The van der Waals surface area contributed by atoms with Gasteiger partial charge in [-0.25, -0.2) is 4.39 Å². The van der Waals surface area contributed by atoms with Gasteiger partial charge in [-0.15, -0.1) is 5.10 Å². The number of rotatable bonds is 2. The molecule has 0 aliphatic carbocycles. The Kier molecular flexibility index (Phi) is 3.05. The van der Waals surface area contributed by atoms with Gasteiger partial charge in [0.05, 0.1) is 4.47 Å². The van der Waals surface area contributed by atoms with Crippen LogP contribution in [0, 0.1) is 5.82 Å². The van der Waals surface area contributed by atoms with Crippen molar-refractivity contribution in [1.82, 2.24) is 15.2 Å². The Labute approximate surface area is 104 Å². The number of hydrogen-bond donors (Lipinski definition) is 3. The van der Waals surface area contributed by atoms with E-state index >= 15 is 0 Å². The predicted molar refractivity (Wildman–Crippen MR) is 62.8 cm³/mol. The minimum absolute atomic E-state index is 0.0112. The summed E-state index contributed by atoms with van der Waals surface area (Å²) in [6, 6.07) is 4.10. The lowest BCUT2D eigenvalue weighted by Crippen LogP contribution is -2.13. The smallest absolute Gasteiger partial charge is 0.293 e. The molecule has 0 radical (unpaired) electrons. The minimum Gasteiger partial charge on any atom is -0.366 e. The Balaban J connectivity index is 2.15. The molecule has 0 spiro atoms. The number of amides is 1. The van der Waals surface area contributed by atoms with Crippen LogP contribution in [0.3, 0.4) is 0 Å². The number of carbonyl (C=O) groups excluding carboxylic acids is 1. The van der Waals surface area contributed by atoms with Gasteiger partial charge in [-0.05, 0) is 34.1 Å². The van der Waals surface area contributed by atoms with Gasteiger partial charge < -0.3 is 11.1 Å². The average Bonchev–Trinajstić information content (AvgIpc) is 2.70. The van der Waals surface area contributed by atoms with Crippen molar-refractivity contribution in [2.24, 2.45) is 0 Å². The standard InChI is InChI=1S/C9H7BrFN5O/c10-5-3-4(1-2-6(5)11)13-8(17)7-14-9(12)16-15-7/h1-3H,(H,13,17)(H3,12,14,15,16). The zero-order valence-corrected chi connectivity index (χ0v) is 9.95. The van der Waals surface area contributed by atoms with Crippen molar-refractivity contribution in [3.8, 4) is 0 Å². The summed E-state index contributed by atoms with van der Waals surface area (Å²) in [7, 11) is 0. The fourth-order valence-electron chi connectivity index (χ4n) is 1.14. The fraction of sp³-hybridized carbons (Fsp3) is 0. The second kappa shape index (κ2) is 4.50. The molecule has 0 aliphatic rings. The van der Waals surface area contributed by atoms with Gasteiger partial charge in [0.2, 0.25) is 11.8 Å². The molecule has 2 rings (SSSR count). The van der Waals surface area contributed by atoms with E-state index in [2.05, 4.69) is 36.4 Å². The third-order valence-electron chi connectivity index (χ3n) is 1.90. The summed E-state index contributed by atoms with van der Waals surface area (Å²) in [5, 5.41) is 8.40. The molecule has 1 heterocycles. The topological polar surface area (TPSA) is 96.7 Å². The van der Waals surface area contributed by atoms with Crippen molar-refractivity contribution in [2.45, 2.75) is 0 Å². The molecular weight excluding hydrogens is 293 g/mol. The molecule has 0 unspecified atom stereocenters. The van der Waals surface area contributed by atoms with Gasteiger partial charge in [0.1, 0.15) is 5.82 Å². The average molecular weight is 300 g/mol. The number of nitrogens with one attached hydrogen (secondary N) is 2. The van der Waals surface area contributed by atoms with Crippen molar-refractivity contribution in [3.05, 3.63) is 34.3 Å². The van der Waals surface area contributed by atoms with E-state index in [4.69, 9.17) is 5.73 Å². The van der Waals surface area contributed by atoms with Gasteiger partial charge in [0.15, 0.2) is 0 Å². The number of aromatic amines is 1. The fourth-order valence-corrected chi connectivity index (χ4v) is 1.52. The molecule has 4 N–H and O–H groups in total. The van der Waals surface area contributed by atoms with Crippen LogP contribution >= 0.6 is 15.9 Å². The molecule has 8 heteroatoms. The molecule has 0 aliphatic heterocycles. The van der Waals surface area contributed by atoms with E-state index < -0.39 is 11.7 Å². The maximum Gasteiger partial charge on any atom is 0.293 e. The third-order valence-corrected chi connectivity index (χ3v) is 2.50. The summed E-state index contributed by atoms with van der Waals surface area (Å²) in [6.45, 7) is 0. The SMILES string of the molecule is Nc1n[nH]c(C(=O)Nc2ccc(F)c(Br)c2)n1. The normalized spacial score (nSPS) is 10.2. The lowest BCUT2D eigenvalue weighted by molar-refractivity contribution is 0.101. The van der Waals surface area contributed by atoms with Crippen molar-refractivity contribution < 1.29 is 9.18 Å². The molecule has 6 nitrogen and oxygen atoms in total. The number of carbonyl (C=O) groups is 1. The number of nitrogens with two attached hydrogens (primary N) is 1. The van der Waals surface area contributed by atoms with Crippen LogP contribution in [0.1, 0.15) is 10.6 Å². The zero-order chi connectivity index (χ0) is 12.4. The maximum atomic E-state index is 13.0. The highest BCUT2D eigenvalue weighted by molar-refractivity contribution is 9.10. The molecular formula is C9H7BrFN5O. The Morgan fingerprint density at radius 3 is 2.88 bits per heavy atom. The Hall–Kier alpha value is -1.96. The summed E-state index contributed by atoms with van der Waals surface area (Å²) in [4.78, 5) is 15.3. The largest absolute Gasteiger partial charge is 0.366 e. The lowest BCUT2D eigenvalue weighted by atomic mass is 10.3. The molecule has 1 aromatic heterocycles. The third kappa shape index (κ3) is 2.59. The van der Waals surface area contributed by atoms with Crippen molar-refractivity contribution in [2.75, 3.05) is 11.1 Å². The molecule has 1 amide bonds. The first-order chi connectivity index (χ1) is 8.06. The van der Waals surface area contributed by atoms with Crippen LogP contribution in [0.2, 0.25) is 0 Å². The number of nitrogens with zero attached hydrogens (tertiary/aromatic N) is 2. The Morgan fingerprint density at radius 1 is 1.53 bits per heavy atom. The van der Waals surface area contributed by atoms with E-state index in [1.54, 1.807) is 0 Å². The monoisotopic (exact) mass is 299 g/mol. The molecule has 2 aromatic rings. The molecule has 0 fully saturated rings. The highest BCUT2D eigenvalue weighted by atomic mass is 79.9. The summed E-state index contributed by atoms with van der Waals surface area (Å²) in [5.74, 6) is -0.946. The number of halogens is 2. The minimum atomic E-state index is -0.507. The van der Waals surface area contributed by atoms with E-state index in [0.29, 0.717) is 5.69 Å². The van der Waals surface area contributed by atoms with Gasteiger partial charge in [0, 0.05) is 5.69 Å². The second-order valence-electron chi connectivity index (χ2n) is 3.13. The van der Waals surface area contributed by atoms with Crippen LogP contribution in [0.5, 0.6) is 0 Å². The molecule has 0 bridgehead atoms. The number of aromatic nitrogens is 3. The van der Waals surface area contributed by atoms with Gasteiger partial charge in [-0.3, -0.25) is 9.89 Å². The Bertz CT molecular complexity index is 570. The second-order valence-corrected chi connectivity index (χ2v) is 3.98. The first-order valence-electron chi connectivity index (χ1n) is 4.50. The van der Waals surface area contributed by atoms with Crippen molar-refractivity contribution in [1.29, 1.82) is 0 Å². The Morgan fingerprint density at radius 2 is 2.29 bits per heavy atom. The molecule has 17 heavy (non-hydrogen) atoms. The van der Waals surface area contributed by atoms with Gasteiger partial charge in [-0.1, -0.05) is 0 Å². The summed E-state index contributed by atoms with van der Waals surface area (Å²) in [6.07, 6.45) is 0. The summed E-state index contributed by atoms with van der Waals surface area (Å²) >= 11 is 3.01. The predicted octanol–water partition coefficient (Wildman–Crippen LogP) is 1.54. The quantitative estimate of drug-likeness (QED) is 0.783. The van der Waals surface area contributed by atoms with Gasteiger partial charge >= 0.3 is 0 Å². The first-order valence-corrected chi connectivity index (χ1v) is 5.30. The van der Waals surface area contributed by atoms with Crippen molar-refractivity contribution in [3.63, 3.8) is 0 Å². The molecule has 0 saturated carbocycles. The highest BCUT2D eigenvalue weighted by Crippen LogP contribution is 2.20. The van der Waals surface area contributed by atoms with Crippen LogP contribution in [-0.2, 0) is 0 Å². The molecule has 0 atom stereocenters. The van der Waals surface area contributed by atoms with Gasteiger partial charge in [-0.2, -0.15) is 4.98 Å². The summed E-state index contributed by atoms with van der Waals surface area (Å²) < 4.78 is 13.2. The van der Waals surface area contributed by atoms with Crippen LogP contribution < -0.4 is 11.1 Å². The van der Waals surface area contributed by atoms with Crippen LogP contribution in [0.25, 0.3) is 0 Å².